The molecule has 2 rings (SSSR count). The first-order valence-corrected chi connectivity index (χ1v) is 10.1. The van der Waals surface area contributed by atoms with E-state index in [1.165, 1.54) is 6.07 Å². The Hall–Kier alpha value is -1.28. The molecule has 1 aliphatic rings. The van der Waals surface area contributed by atoms with Gasteiger partial charge >= 0.3 is 6.18 Å². The molecule has 1 fully saturated rings. The maximum Gasteiger partial charge on any atom is 0.422 e. The van der Waals surface area contributed by atoms with Crippen molar-refractivity contribution in [1.29, 1.82) is 0 Å². The van der Waals surface area contributed by atoms with Crippen molar-refractivity contribution in [2.45, 2.75) is 52.8 Å². The smallest absolute Gasteiger partial charge is 0.422 e. The number of hydrogen-bond donors (Lipinski definition) is 1. The molecule has 0 aromatic carbocycles. The molecule has 154 valence electrons. The largest absolute Gasteiger partial charge is 0.475 e. The third kappa shape index (κ3) is 7.70. The minimum absolute atomic E-state index is 0.00641. The average molecular weight is 407 g/mol. The van der Waals surface area contributed by atoms with E-state index in [0.717, 1.165) is 48.7 Å². The molecule has 1 amide bonds. The van der Waals surface area contributed by atoms with Crippen LogP contribution in [0.1, 0.15) is 51.5 Å². The second-order valence-electron chi connectivity index (χ2n) is 8.39. The third-order valence-electron chi connectivity index (χ3n) is 4.59. The summed E-state index contributed by atoms with van der Waals surface area (Å²) in [5.41, 5.74) is 0.278. The molecule has 8 heteroatoms. The van der Waals surface area contributed by atoms with Crippen LogP contribution in [0.5, 0.6) is 5.06 Å². The zero-order valence-corrected chi connectivity index (χ0v) is 17.2. The van der Waals surface area contributed by atoms with Crippen molar-refractivity contribution in [1.82, 2.24) is 10.2 Å². The highest BCUT2D eigenvalue weighted by Gasteiger charge is 2.30. The van der Waals surface area contributed by atoms with Gasteiger partial charge in [0, 0.05) is 11.4 Å². The number of nitrogens with one attached hydrogen (secondary N) is 1. The SMILES string of the molecule is C[C@@H](NC(=O)C1CCN(CCC(C)(C)C)C1)c1ccc(OCC(F)(F)F)s1. The van der Waals surface area contributed by atoms with E-state index in [1.807, 2.05) is 6.92 Å². The van der Waals surface area contributed by atoms with Crippen LogP contribution in [0.25, 0.3) is 0 Å². The fourth-order valence-corrected chi connectivity index (χ4v) is 3.80. The number of carbonyl (C=O) groups is 1. The van der Waals surface area contributed by atoms with Gasteiger partial charge in [-0.3, -0.25) is 4.79 Å². The number of amides is 1. The molecule has 0 spiro atoms. The van der Waals surface area contributed by atoms with E-state index in [-0.39, 0.29) is 28.3 Å². The molecule has 0 radical (unpaired) electrons. The van der Waals surface area contributed by atoms with E-state index in [2.05, 4.69) is 31.0 Å². The lowest BCUT2D eigenvalue weighted by atomic mass is 9.92. The highest BCUT2D eigenvalue weighted by molar-refractivity contribution is 7.13. The standard InChI is InChI=1S/C19H29F3N2O2S/c1-13(15-5-6-16(27-15)26-12-19(20,21)22)23-17(25)14-7-9-24(11-14)10-8-18(2,3)4/h5-6,13-14H,7-12H2,1-4H3,(H,23,25)/t13-,14?/m1/s1. The Balaban J connectivity index is 1.79. The second-order valence-corrected chi connectivity index (χ2v) is 9.47. The summed E-state index contributed by atoms with van der Waals surface area (Å²) in [7, 11) is 0. The van der Waals surface area contributed by atoms with Crippen LogP contribution in [0.15, 0.2) is 12.1 Å². The summed E-state index contributed by atoms with van der Waals surface area (Å²) in [5.74, 6) is -0.0275. The van der Waals surface area contributed by atoms with Gasteiger partial charge in [0.1, 0.15) is 0 Å². The number of hydrogen-bond acceptors (Lipinski definition) is 4. The molecule has 4 nitrogen and oxygen atoms in total. The lowest BCUT2D eigenvalue weighted by Gasteiger charge is -2.23. The van der Waals surface area contributed by atoms with Crippen molar-refractivity contribution < 1.29 is 22.7 Å². The minimum Gasteiger partial charge on any atom is -0.475 e. The van der Waals surface area contributed by atoms with Crippen molar-refractivity contribution in [2.75, 3.05) is 26.2 Å². The first kappa shape index (κ1) is 22.0. The van der Waals surface area contributed by atoms with Gasteiger partial charge in [0.15, 0.2) is 11.7 Å². The number of thiophene rings is 1. The van der Waals surface area contributed by atoms with E-state index in [9.17, 15) is 18.0 Å². The predicted octanol–water partition coefficient (Wildman–Crippen LogP) is 4.62. The summed E-state index contributed by atoms with van der Waals surface area (Å²) >= 11 is 1.13. The molecule has 2 atom stereocenters. The fourth-order valence-electron chi connectivity index (χ4n) is 2.94. The number of ether oxygens (including phenoxy) is 1. The molecule has 1 aromatic rings. The summed E-state index contributed by atoms with van der Waals surface area (Å²) in [5, 5.41) is 3.19. The number of alkyl halides is 3. The fraction of sp³-hybridized carbons (Fsp3) is 0.737. The van der Waals surface area contributed by atoms with E-state index in [1.54, 1.807) is 6.07 Å². The van der Waals surface area contributed by atoms with Crippen LogP contribution >= 0.6 is 11.3 Å². The lowest BCUT2D eigenvalue weighted by Crippen LogP contribution is -2.34. The van der Waals surface area contributed by atoms with Crippen LogP contribution < -0.4 is 10.1 Å². The third-order valence-corrected chi connectivity index (χ3v) is 5.77. The Morgan fingerprint density at radius 2 is 2.07 bits per heavy atom. The van der Waals surface area contributed by atoms with Gasteiger partial charge in [-0.05, 0) is 50.4 Å². The number of rotatable bonds is 7. The number of halogens is 3. The number of carbonyl (C=O) groups excluding carboxylic acids is 1. The van der Waals surface area contributed by atoms with E-state index >= 15 is 0 Å². The first-order chi connectivity index (χ1) is 12.4. The molecular weight excluding hydrogens is 377 g/mol. The minimum atomic E-state index is -4.36. The van der Waals surface area contributed by atoms with Crippen LogP contribution in [-0.4, -0.2) is 43.2 Å². The van der Waals surface area contributed by atoms with Crippen molar-refractivity contribution in [3.05, 3.63) is 17.0 Å². The van der Waals surface area contributed by atoms with Crippen molar-refractivity contribution in [2.24, 2.45) is 11.3 Å². The van der Waals surface area contributed by atoms with Crippen LogP contribution in [0.2, 0.25) is 0 Å². The van der Waals surface area contributed by atoms with Crippen LogP contribution in [-0.2, 0) is 4.79 Å². The Morgan fingerprint density at radius 1 is 1.37 bits per heavy atom. The molecule has 27 heavy (non-hydrogen) atoms. The number of likely N-dealkylation sites (tertiary alicyclic amines) is 1. The van der Waals surface area contributed by atoms with Crippen LogP contribution in [0.3, 0.4) is 0 Å². The van der Waals surface area contributed by atoms with Crippen LogP contribution in [0.4, 0.5) is 13.2 Å². The molecular formula is C19H29F3N2O2S. The quantitative estimate of drug-likeness (QED) is 0.718. The van der Waals surface area contributed by atoms with Gasteiger partial charge in [0.25, 0.3) is 0 Å². The summed E-state index contributed by atoms with van der Waals surface area (Å²) in [4.78, 5) is 15.6. The number of nitrogens with zero attached hydrogens (tertiary/aromatic N) is 1. The second kappa shape index (κ2) is 8.82. The van der Waals surface area contributed by atoms with Gasteiger partial charge in [0.05, 0.1) is 12.0 Å². The summed E-state index contributed by atoms with van der Waals surface area (Å²) in [6.07, 6.45) is -2.42. The van der Waals surface area contributed by atoms with E-state index in [0.29, 0.717) is 0 Å². The van der Waals surface area contributed by atoms with E-state index < -0.39 is 12.8 Å². The highest BCUT2D eigenvalue weighted by Crippen LogP contribution is 2.31. The van der Waals surface area contributed by atoms with Crippen molar-refractivity contribution in [3.8, 4) is 5.06 Å². The Labute approximate surface area is 163 Å². The van der Waals surface area contributed by atoms with Crippen molar-refractivity contribution in [3.63, 3.8) is 0 Å². The predicted molar refractivity (Wildman–Crippen MR) is 101 cm³/mol. The summed E-state index contributed by atoms with van der Waals surface area (Å²) in [6.45, 7) is 9.85. The Morgan fingerprint density at radius 3 is 2.70 bits per heavy atom. The Bertz CT molecular complexity index is 625. The molecule has 0 bridgehead atoms. The molecule has 2 heterocycles. The van der Waals surface area contributed by atoms with Crippen molar-refractivity contribution >= 4 is 17.2 Å². The lowest BCUT2D eigenvalue weighted by molar-refractivity contribution is -0.152. The van der Waals surface area contributed by atoms with Gasteiger partial charge in [-0.2, -0.15) is 13.2 Å². The highest BCUT2D eigenvalue weighted by atomic mass is 32.1. The maximum absolute atomic E-state index is 12.5. The molecule has 1 unspecified atom stereocenters. The Kier molecular flexibility index (Phi) is 7.19. The monoisotopic (exact) mass is 406 g/mol. The maximum atomic E-state index is 12.5. The zero-order chi connectivity index (χ0) is 20.2. The normalized spacial score (nSPS) is 19.9. The molecule has 0 saturated carbocycles. The molecule has 1 aliphatic heterocycles. The summed E-state index contributed by atoms with van der Waals surface area (Å²) in [6, 6.07) is 2.96. The van der Waals surface area contributed by atoms with Gasteiger partial charge in [-0.25, -0.2) is 0 Å². The molecule has 1 N–H and O–H groups in total. The molecule has 0 aliphatic carbocycles. The van der Waals surface area contributed by atoms with Crippen LogP contribution in [0, 0.1) is 11.3 Å². The molecule has 1 saturated heterocycles. The van der Waals surface area contributed by atoms with Gasteiger partial charge in [-0.15, -0.1) is 11.3 Å². The average Bonchev–Trinajstić information content (AvgIpc) is 3.19. The zero-order valence-electron chi connectivity index (χ0n) is 16.4. The molecule has 1 aromatic heterocycles. The van der Waals surface area contributed by atoms with Gasteiger partial charge in [-0.1, -0.05) is 20.8 Å². The van der Waals surface area contributed by atoms with E-state index in [4.69, 9.17) is 4.74 Å². The summed E-state index contributed by atoms with van der Waals surface area (Å²) < 4.78 is 41.4. The van der Waals surface area contributed by atoms with Gasteiger partial charge < -0.3 is 15.0 Å². The topological polar surface area (TPSA) is 41.6 Å². The van der Waals surface area contributed by atoms with Gasteiger partial charge in [0.2, 0.25) is 5.91 Å². The first-order valence-electron chi connectivity index (χ1n) is 9.25.